The van der Waals surface area contributed by atoms with E-state index in [0.717, 1.165) is 12.8 Å². The number of likely N-dealkylation sites (tertiary alicyclic amines) is 1. The molecule has 1 saturated heterocycles. The van der Waals surface area contributed by atoms with E-state index in [1.165, 1.54) is 18.2 Å². The molecule has 2 rings (SSSR count). The van der Waals surface area contributed by atoms with Crippen molar-refractivity contribution in [2.75, 3.05) is 13.7 Å². The van der Waals surface area contributed by atoms with Crippen LogP contribution in [0, 0.1) is 0 Å². The van der Waals surface area contributed by atoms with Gasteiger partial charge in [-0.3, -0.25) is 4.79 Å². The maximum atomic E-state index is 12.6. The van der Waals surface area contributed by atoms with E-state index >= 15 is 0 Å². The van der Waals surface area contributed by atoms with E-state index in [1.54, 1.807) is 0 Å². The van der Waals surface area contributed by atoms with Crippen LogP contribution in [0.25, 0.3) is 0 Å². The van der Waals surface area contributed by atoms with E-state index in [4.69, 9.17) is 39.5 Å². The molecular formula is C13H13Cl3N2O3. The summed E-state index contributed by atoms with van der Waals surface area (Å²) in [6.07, 6.45) is 3.47. The maximum absolute atomic E-state index is 12.6. The highest BCUT2D eigenvalue weighted by atomic mass is 35.5. The van der Waals surface area contributed by atoms with Gasteiger partial charge >= 0.3 is 5.97 Å². The van der Waals surface area contributed by atoms with E-state index in [9.17, 15) is 9.59 Å². The Labute approximate surface area is 137 Å². The fourth-order valence-corrected chi connectivity index (χ4v) is 2.85. The van der Waals surface area contributed by atoms with Crippen LogP contribution in [0.4, 0.5) is 0 Å². The van der Waals surface area contributed by atoms with Crippen molar-refractivity contribution >= 4 is 46.7 Å². The second-order valence-corrected chi connectivity index (χ2v) is 5.78. The molecule has 0 aliphatic carbocycles. The minimum Gasteiger partial charge on any atom is -0.467 e. The highest BCUT2D eigenvalue weighted by Gasteiger charge is 2.35. The molecule has 8 heteroatoms. The Kier molecular flexibility index (Phi) is 5.30. The number of carbonyl (C=O) groups excluding carboxylic acids is 2. The second kappa shape index (κ2) is 6.81. The summed E-state index contributed by atoms with van der Waals surface area (Å²) in [7, 11) is 1.30. The molecule has 1 fully saturated rings. The molecule has 2 heterocycles. The summed E-state index contributed by atoms with van der Waals surface area (Å²) in [6.45, 7) is 0.441. The quantitative estimate of drug-likeness (QED) is 0.768. The number of piperidine rings is 1. The van der Waals surface area contributed by atoms with E-state index < -0.39 is 17.9 Å². The monoisotopic (exact) mass is 350 g/mol. The Morgan fingerprint density at radius 2 is 2.00 bits per heavy atom. The molecule has 0 unspecified atom stereocenters. The van der Waals surface area contributed by atoms with Crippen LogP contribution in [-0.2, 0) is 9.53 Å². The highest BCUT2D eigenvalue weighted by Crippen LogP contribution is 2.32. The number of methoxy groups -OCH3 is 1. The third-order valence-electron chi connectivity index (χ3n) is 3.36. The molecule has 1 atom stereocenters. The van der Waals surface area contributed by atoms with Gasteiger partial charge in [0.05, 0.1) is 22.2 Å². The Hall–Kier alpha value is -1.04. The van der Waals surface area contributed by atoms with Crippen LogP contribution in [0.5, 0.6) is 0 Å². The average Bonchev–Trinajstić information content (AvgIpc) is 2.51. The van der Waals surface area contributed by atoms with Crippen molar-refractivity contribution in [1.29, 1.82) is 0 Å². The van der Waals surface area contributed by atoms with Crippen LogP contribution >= 0.6 is 34.8 Å². The first-order valence-electron chi connectivity index (χ1n) is 6.35. The summed E-state index contributed by atoms with van der Waals surface area (Å²) in [5.74, 6) is -0.895. The van der Waals surface area contributed by atoms with Gasteiger partial charge in [-0.15, -0.1) is 0 Å². The molecule has 1 aliphatic rings. The number of carbonyl (C=O) groups is 2. The normalized spacial score (nSPS) is 18.5. The van der Waals surface area contributed by atoms with Gasteiger partial charge in [0.25, 0.3) is 5.91 Å². The van der Waals surface area contributed by atoms with Gasteiger partial charge in [-0.25, -0.2) is 9.78 Å². The van der Waals surface area contributed by atoms with Crippen molar-refractivity contribution in [2.45, 2.75) is 25.3 Å². The van der Waals surface area contributed by atoms with Crippen molar-refractivity contribution in [2.24, 2.45) is 0 Å². The van der Waals surface area contributed by atoms with Crippen molar-refractivity contribution in [3.63, 3.8) is 0 Å². The van der Waals surface area contributed by atoms with E-state index in [2.05, 4.69) is 4.98 Å². The zero-order valence-electron chi connectivity index (χ0n) is 11.2. The smallest absolute Gasteiger partial charge is 0.328 e. The van der Waals surface area contributed by atoms with Gasteiger partial charge in [-0.2, -0.15) is 0 Å². The first-order valence-corrected chi connectivity index (χ1v) is 7.49. The van der Waals surface area contributed by atoms with Crippen molar-refractivity contribution < 1.29 is 14.3 Å². The zero-order chi connectivity index (χ0) is 15.6. The van der Waals surface area contributed by atoms with Crippen molar-refractivity contribution in [3.05, 3.63) is 27.0 Å². The predicted octanol–water partition coefficient (Wildman–Crippen LogP) is 3.21. The van der Waals surface area contributed by atoms with Crippen LogP contribution in [0.3, 0.4) is 0 Å². The maximum Gasteiger partial charge on any atom is 0.328 e. The van der Waals surface area contributed by atoms with E-state index in [1.807, 2.05) is 0 Å². The molecule has 0 N–H and O–H groups in total. The number of ether oxygens (including phenoxy) is 1. The minimum absolute atomic E-state index is 0.0108. The van der Waals surface area contributed by atoms with E-state index in [-0.39, 0.29) is 20.8 Å². The SMILES string of the molecule is COC(=O)[C@H]1CCCCN1C(=O)c1ncc(Cl)c(Cl)c1Cl. The number of rotatable bonds is 2. The van der Waals surface area contributed by atoms with Crippen LogP contribution in [0.15, 0.2) is 6.20 Å². The number of halogens is 3. The highest BCUT2D eigenvalue weighted by molar-refractivity contribution is 6.48. The van der Waals surface area contributed by atoms with Gasteiger partial charge < -0.3 is 9.64 Å². The second-order valence-electron chi connectivity index (χ2n) is 4.62. The number of aromatic nitrogens is 1. The number of hydrogen-bond donors (Lipinski definition) is 0. The first-order chi connectivity index (χ1) is 9.97. The van der Waals surface area contributed by atoms with Crippen molar-refractivity contribution in [1.82, 2.24) is 9.88 Å². The van der Waals surface area contributed by atoms with Gasteiger partial charge in [0.1, 0.15) is 11.7 Å². The fraction of sp³-hybridized carbons (Fsp3) is 0.462. The number of esters is 1. The molecule has 1 aromatic heterocycles. The lowest BCUT2D eigenvalue weighted by atomic mass is 10.0. The van der Waals surface area contributed by atoms with Gasteiger partial charge in [-0.1, -0.05) is 34.8 Å². The third-order valence-corrected chi connectivity index (χ3v) is 4.60. The predicted molar refractivity (Wildman–Crippen MR) is 80.0 cm³/mol. The molecular weight excluding hydrogens is 339 g/mol. The Morgan fingerprint density at radius 1 is 1.29 bits per heavy atom. The number of amides is 1. The molecule has 114 valence electrons. The van der Waals surface area contributed by atoms with Gasteiger partial charge in [0.2, 0.25) is 0 Å². The molecule has 1 aromatic rings. The molecule has 1 amide bonds. The Morgan fingerprint density at radius 3 is 2.67 bits per heavy atom. The molecule has 0 aromatic carbocycles. The van der Waals surface area contributed by atoms with E-state index in [0.29, 0.717) is 13.0 Å². The summed E-state index contributed by atoms with van der Waals surface area (Å²) in [5, 5.41) is 0.230. The van der Waals surface area contributed by atoms with Gasteiger partial charge in [0, 0.05) is 12.7 Å². The van der Waals surface area contributed by atoms with Gasteiger partial charge in [-0.05, 0) is 19.3 Å². The van der Waals surface area contributed by atoms with Crippen LogP contribution in [0.1, 0.15) is 29.8 Å². The molecule has 0 spiro atoms. The largest absolute Gasteiger partial charge is 0.467 e. The third kappa shape index (κ3) is 3.25. The number of pyridine rings is 1. The Bertz CT molecular complexity index is 580. The Balaban J connectivity index is 2.33. The summed E-state index contributed by atoms with van der Waals surface area (Å²) >= 11 is 17.8. The molecule has 5 nitrogen and oxygen atoms in total. The number of hydrogen-bond acceptors (Lipinski definition) is 4. The summed E-state index contributed by atoms with van der Waals surface area (Å²) in [6, 6.07) is -0.622. The molecule has 0 saturated carbocycles. The zero-order valence-corrected chi connectivity index (χ0v) is 13.5. The van der Waals surface area contributed by atoms with Crippen LogP contribution in [-0.4, -0.2) is 41.5 Å². The lowest BCUT2D eigenvalue weighted by Gasteiger charge is -2.33. The van der Waals surface area contributed by atoms with Crippen molar-refractivity contribution in [3.8, 4) is 0 Å². The topological polar surface area (TPSA) is 59.5 Å². The van der Waals surface area contributed by atoms with Gasteiger partial charge in [0.15, 0.2) is 0 Å². The number of nitrogens with zero attached hydrogens (tertiary/aromatic N) is 2. The fourth-order valence-electron chi connectivity index (χ4n) is 2.28. The lowest BCUT2D eigenvalue weighted by molar-refractivity contribution is -0.147. The standard InChI is InChI=1S/C13H13Cl3N2O3/c1-21-13(20)8-4-2-3-5-18(8)12(19)11-10(16)9(15)7(14)6-17-11/h6,8H,2-5H2,1H3/t8-/m1/s1. The molecule has 0 bridgehead atoms. The molecule has 21 heavy (non-hydrogen) atoms. The summed E-state index contributed by atoms with van der Waals surface area (Å²) in [5.41, 5.74) is -0.0122. The molecule has 0 radical (unpaired) electrons. The average molecular weight is 352 g/mol. The first kappa shape index (κ1) is 16.3. The van der Waals surface area contributed by atoms with Crippen LogP contribution in [0.2, 0.25) is 15.1 Å². The molecule has 1 aliphatic heterocycles. The van der Waals surface area contributed by atoms with Crippen LogP contribution < -0.4 is 0 Å². The summed E-state index contributed by atoms with van der Waals surface area (Å²) in [4.78, 5) is 29.8. The minimum atomic E-state index is -0.622. The summed E-state index contributed by atoms with van der Waals surface area (Å²) < 4.78 is 4.75. The lowest BCUT2D eigenvalue weighted by Crippen LogP contribution is -2.48.